The second-order valence-corrected chi connectivity index (χ2v) is 7.16. The van der Waals surface area contributed by atoms with E-state index in [1.54, 1.807) is 18.3 Å². The predicted octanol–water partition coefficient (Wildman–Crippen LogP) is 2.98. The lowest BCUT2D eigenvalue weighted by molar-refractivity contribution is 0.475. The molecule has 144 valence electrons. The van der Waals surface area contributed by atoms with Crippen molar-refractivity contribution in [2.24, 2.45) is 0 Å². The number of benzene rings is 2. The lowest BCUT2D eigenvalue weighted by Gasteiger charge is -2.37. The third-order valence-electron chi connectivity index (χ3n) is 4.98. The summed E-state index contributed by atoms with van der Waals surface area (Å²) in [4.78, 5) is 17.0. The van der Waals surface area contributed by atoms with Crippen LogP contribution in [0.4, 0.5) is 11.4 Å². The third-order valence-corrected chi connectivity index (χ3v) is 5.33. The number of phenolic OH excluding ortho intramolecular Hbond substituents is 1. The van der Waals surface area contributed by atoms with Crippen LogP contribution in [-0.2, 0) is 6.54 Å². The number of hydrogen-bond donors (Lipinski definition) is 1. The quantitative estimate of drug-likeness (QED) is 0.734. The molecule has 2 heterocycles. The minimum absolute atomic E-state index is 0.212. The molecular weight excluding hydrogens is 376 g/mol. The van der Waals surface area contributed by atoms with Gasteiger partial charge in [0.15, 0.2) is 0 Å². The monoisotopic (exact) mass is 396 g/mol. The van der Waals surface area contributed by atoms with E-state index in [0.717, 1.165) is 37.4 Å². The van der Waals surface area contributed by atoms with E-state index >= 15 is 0 Å². The predicted molar refractivity (Wildman–Crippen MR) is 112 cm³/mol. The maximum Gasteiger partial charge on any atom is 0.287 e. The van der Waals surface area contributed by atoms with Gasteiger partial charge in [0.2, 0.25) is 0 Å². The van der Waals surface area contributed by atoms with Gasteiger partial charge in [-0.3, -0.25) is 4.79 Å². The number of anilines is 2. The number of aromatic hydroxyl groups is 1. The van der Waals surface area contributed by atoms with Gasteiger partial charge in [0.05, 0.1) is 18.4 Å². The van der Waals surface area contributed by atoms with Crippen LogP contribution >= 0.6 is 11.6 Å². The van der Waals surface area contributed by atoms with Gasteiger partial charge in [-0.25, -0.2) is 4.68 Å². The van der Waals surface area contributed by atoms with Gasteiger partial charge in [-0.15, -0.1) is 0 Å². The number of nitrogens with zero attached hydrogens (tertiary/aromatic N) is 4. The summed E-state index contributed by atoms with van der Waals surface area (Å²) in [6.45, 7) is 3.48. The fourth-order valence-corrected chi connectivity index (χ4v) is 3.68. The molecule has 7 heteroatoms. The van der Waals surface area contributed by atoms with Crippen molar-refractivity contribution in [2.75, 3.05) is 36.0 Å². The molecular formula is C21H21ClN4O2. The highest BCUT2D eigenvalue weighted by Crippen LogP contribution is 2.25. The van der Waals surface area contributed by atoms with Crippen LogP contribution < -0.4 is 15.4 Å². The van der Waals surface area contributed by atoms with E-state index < -0.39 is 0 Å². The first kappa shape index (κ1) is 18.4. The van der Waals surface area contributed by atoms with E-state index in [-0.39, 0.29) is 16.3 Å². The summed E-state index contributed by atoms with van der Waals surface area (Å²) in [5.41, 5.74) is 2.48. The van der Waals surface area contributed by atoms with E-state index in [4.69, 9.17) is 11.6 Å². The Bertz CT molecular complexity index is 997. The Morgan fingerprint density at radius 2 is 1.57 bits per heavy atom. The molecule has 6 nitrogen and oxygen atoms in total. The third kappa shape index (κ3) is 3.82. The van der Waals surface area contributed by atoms with E-state index in [0.29, 0.717) is 12.2 Å². The molecule has 1 fully saturated rings. The van der Waals surface area contributed by atoms with Gasteiger partial charge in [-0.05, 0) is 29.8 Å². The molecule has 0 spiro atoms. The summed E-state index contributed by atoms with van der Waals surface area (Å²) < 4.78 is 1.40. The molecule has 0 unspecified atom stereocenters. The molecule has 0 aliphatic carbocycles. The number of hydrogen-bond acceptors (Lipinski definition) is 5. The summed E-state index contributed by atoms with van der Waals surface area (Å²) in [5.74, 6) is 0.260. The van der Waals surface area contributed by atoms with Gasteiger partial charge in [-0.2, -0.15) is 5.10 Å². The van der Waals surface area contributed by atoms with Gasteiger partial charge in [-0.1, -0.05) is 41.9 Å². The number of rotatable bonds is 4. The molecule has 0 atom stereocenters. The SMILES string of the molecule is O=c1c(Cl)c(N2CCN(c3ccc(O)cc3)CC2)cnn1Cc1ccccc1. The van der Waals surface area contributed by atoms with E-state index in [1.807, 2.05) is 42.5 Å². The topological polar surface area (TPSA) is 61.6 Å². The van der Waals surface area contributed by atoms with Crippen molar-refractivity contribution in [3.63, 3.8) is 0 Å². The molecule has 1 aliphatic rings. The molecule has 4 rings (SSSR count). The normalized spacial score (nSPS) is 14.3. The molecule has 2 aromatic carbocycles. The average molecular weight is 397 g/mol. The Morgan fingerprint density at radius 1 is 0.929 bits per heavy atom. The van der Waals surface area contributed by atoms with Gasteiger partial charge in [0.1, 0.15) is 10.8 Å². The van der Waals surface area contributed by atoms with Gasteiger partial charge in [0, 0.05) is 31.9 Å². The zero-order chi connectivity index (χ0) is 19.5. The van der Waals surface area contributed by atoms with Crippen LogP contribution in [0.2, 0.25) is 5.02 Å². The molecule has 1 aromatic heterocycles. The Labute approximate surface area is 168 Å². The van der Waals surface area contributed by atoms with Crippen molar-refractivity contribution in [3.05, 3.63) is 81.7 Å². The van der Waals surface area contributed by atoms with Crippen molar-refractivity contribution in [3.8, 4) is 5.75 Å². The van der Waals surface area contributed by atoms with E-state index in [1.165, 1.54) is 4.68 Å². The molecule has 3 aromatic rings. The van der Waals surface area contributed by atoms with Crippen molar-refractivity contribution in [2.45, 2.75) is 6.54 Å². The minimum atomic E-state index is -0.274. The van der Waals surface area contributed by atoms with Gasteiger partial charge < -0.3 is 14.9 Å². The first-order chi connectivity index (χ1) is 13.6. The Balaban J connectivity index is 1.47. The standard InChI is InChI=1S/C21H21ClN4O2/c22-20-19(14-23-26(21(20)28)15-16-4-2-1-3-5-16)25-12-10-24(11-13-25)17-6-8-18(27)9-7-17/h1-9,14,27H,10-13,15H2. The molecule has 1 aliphatic heterocycles. The molecule has 0 radical (unpaired) electrons. The van der Waals surface area contributed by atoms with Crippen LogP contribution in [0.15, 0.2) is 65.6 Å². The summed E-state index contributed by atoms with van der Waals surface area (Å²) >= 11 is 6.41. The fraction of sp³-hybridized carbons (Fsp3) is 0.238. The Morgan fingerprint density at radius 3 is 2.25 bits per heavy atom. The zero-order valence-electron chi connectivity index (χ0n) is 15.3. The van der Waals surface area contributed by atoms with Crippen LogP contribution in [0.1, 0.15) is 5.56 Å². The minimum Gasteiger partial charge on any atom is -0.508 e. The number of halogens is 1. The van der Waals surface area contributed by atoms with E-state index in [2.05, 4.69) is 14.9 Å². The highest BCUT2D eigenvalue weighted by atomic mass is 35.5. The molecule has 0 saturated carbocycles. The van der Waals surface area contributed by atoms with Crippen LogP contribution in [0.3, 0.4) is 0 Å². The maximum atomic E-state index is 12.7. The molecule has 0 amide bonds. The lowest BCUT2D eigenvalue weighted by Crippen LogP contribution is -2.47. The van der Waals surface area contributed by atoms with Crippen LogP contribution in [0.5, 0.6) is 5.75 Å². The van der Waals surface area contributed by atoms with Crippen LogP contribution in [0, 0.1) is 0 Å². The van der Waals surface area contributed by atoms with Gasteiger partial charge in [0.25, 0.3) is 5.56 Å². The smallest absolute Gasteiger partial charge is 0.287 e. The number of aromatic nitrogens is 2. The highest BCUT2D eigenvalue weighted by Gasteiger charge is 2.21. The summed E-state index contributed by atoms with van der Waals surface area (Å²) in [7, 11) is 0. The molecule has 1 saturated heterocycles. The van der Waals surface area contributed by atoms with E-state index in [9.17, 15) is 9.90 Å². The number of piperazine rings is 1. The summed E-state index contributed by atoms with van der Waals surface area (Å²) in [5, 5.41) is 14.0. The van der Waals surface area contributed by atoms with Crippen LogP contribution in [-0.4, -0.2) is 41.1 Å². The average Bonchev–Trinajstić information content (AvgIpc) is 2.73. The van der Waals surface area contributed by atoms with Gasteiger partial charge >= 0.3 is 0 Å². The first-order valence-electron chi connectivity index (χ1n) is 9.20. The number of phenols is 1. The van der Waals surface area contributed by atoms with Crippen LogP contribution in [0.25, 0.3) is 0 Å². The van der Waals surface area contributed by atoms with Crippen molar-refractivity contribution in [1.82, 2.24) is 9.78 Å². The Kier molecular flexibility index (Phi) is 5.21. The lowest BCUT2D eigenvalue weighted by atomic mass is 10.2. The zero-order valence-corrected chi connectivity index (χ0v) is 16.1. The highest BCUT2D eigenvalue weighted by molar-refractivity contribution is 6.33. The fourth-order valence-electron chi connectivity index (χ4n) is 3.41. The summed E-state index contributed by atoms with van der Waals surface area (Å²) in [6, 6.07) is 16.9. The second-order valence-electron chi connectivity index (χ2n) is 6.78. The summed E-state index contributed by atoms with van der Waals surface area (Å²) in [6.07, 6.45) is 1.68. The Hall–Kier alpha value is -2.99. The van der Waals surface area contributed by atoms with Crippen molar-refractivity contribution in [1.29, 1.82) is 0 Å². The van der Waals surface area contributed by atoms with Crippen molar-refractivity contribution < 1.29 is 5.11 Å². The largest absolute Gasteiger partial charge is 0.508 e. The maximum absolute atomic E-state index is 12.7. The van der Waals surface area contributed by atoms with Crippen molar-refractivity contribution >= 4 is 23.0 Å². The molecule has 0 bridgehead atoms. The molecule has 28 heavy (non-hydrogen) atoms. The first-order valence-corrected chi connectivity index (χ1v) is 9.58. The second kappa shape index (κ2) is 7.94. The molecule has 1 N–H and O–H groups in total.